The van der Waals surface area contributed by atoms with E-state index in [0.717, 1.165) is 6.54 Å². The third-order valence-corrected chi connectivity index (χ3v) is 4.58. The number of rotatable bonds is 3. The van der Waals surface area contributed by atoms with Gasteiger partial charge in [-0.05, 0) is 25.0 Å². The molecule has 2 saturated heterocycles. The van der Waals surface area contributed by atoms with Gasteiger partial charge in [0.05, 0.1) is 11.6 Å². The second-order valence-electron chi connectivity index (χ2n) is 6.01. The maximum atomic E-state index is 12.4. The number of piperidine rings is 1. The van der Waals surface area contributed by atoms with Crippen LogP contribution in [0.15, 0.2) is 18.3 Å². The maximum absolute atomic E-state index is 12.4. The van der Waals surface area contributed by atoms with Crippen LogP contribution in [0.1, 0.15) is 12.8 Å². The minimum atomic E-state index is -0.401. The molecule has 1 atom stereocenters. The summed E-state index contributed by atoms with van der Waals surface area (Å²) in [6, 6.07) is 3.36. The van der Waals surface area contributed by atoms with E-state index in [1.54, 1.807) is 17.0 Å². The highest BCUT2D eigenvalue weighted by molar-refractivity contribution is 6.30. The molecule has 7 nitrogen and oxygen atoms in total. The van der Waals surface area contributed by atoms with Crippen LogP contribution in [-0.2, 0) is 14.3 Å². The second kappa shape index (κ2) is 7.92. The molecule has 0 saturated carbocycles. The Balaban J connectivity index is 1.48. The zero-order valence-electron chi connectivity index (χ0n) is 13.3. The lowest BCUT2D eigenvalue weighted by Crippen LogP contribution is -2.51. The molecule has 0 aromatic carbocycles. The normalized spacial score (nSPS) is 22.2. The van der Waals surface area contributed by atoms with Crippen LogP contribution in [0.3, 0.4) is 0 Å². The Labute approximate surface area is 145 Å². The molecule has 2 fully saturated rings. The molecule has 1 unspecified atom stereocenters. The van der Waals surface area contributed by atoms with E-state index < -0.39 is 6.10 Å². The number of pyridine rings is 1. The van der Waals surface area contributed by atoms with E-state index in [-0.39, 0.29) is 17.7 Å². The Hall–Kier alpha value is -1.70. The van der Waals surface area contributed by atoms with E-state index in [1.165, 1.54) is 6.20 Å². The lowest BCUT2D eigenvalue weighted by atomic mass is 9.95. The zero-order chi connectivity index (χ0) is 16.9. The first-order chi connectivity index (χ1) is 11.6. The SMILES string of the molecule is O=C(Nc1ccc(Cl)cn1)C1CCN(C(=O)C2CNCCO2)CC1. The number of amides is 2. The van der Waals surface area contributed by atoms with Crippen molar-refractivity contribution in [3.8, 4) is 0 Å². The number of anilines is 1. The number of carbonyl (C=O) groups excluding carboxylic acids is 2. The summed E-state index contributed by atoms with van der Waals surface area (Å²) in [5.41, 5.74) is 0. The van der Waals surface area contributed by atoms with Crippen LogP contribution >= 0.6 is 11.6 Å². The number of morpholine rings is 1. The molecule has 130 valence electrons. The van der Waals surface area contributed by atoms with Gasteiger partial charge in [-0.3, -0.25) is 9.59 Å². The molecule has 2 N–H and O–H groups in total. The Kier molecular flexibility index (Phi) is 5.65. The number of hydrogen-bond acceptors (Lipinski definition) is 5. The monoisotopic (exact) mass is 352 g/mol. The predicted octanol–water partition coefficient (Wildman–Crippen LogP) is 0.900. The van der Waals surface area contributed by atoms with E-state index in [1.807, 2.05) is 0 Å². The quantitative estimate of drug-likeness (QED) is 0.844. The minimum absolute atomic E-state index is 0.0143. The highest BCUT2D eigenvalue weighted by Crippen LogP contribution is 2.20. The summed E-state index contributed by atoms with van der Waals surface area (Å²) >= 11 is 5.78. The van der Waals surface area contributed by atoms with Crippen LogP contribution in [0, 0.1) is 5.92 Å². The van der Waals surface area contributed by atoms with Gasteiger partial charge in [-0.2, -0.15) is 0 Å². The lowest BCUT2D eigenvalue weighted by molar-refractivity contribution is -0.147. The number of nitrogens with one attached hydrogen (secondary N) is 2. The summed E-state index contributed by atoms with van der Waals surface area (Å²) in [5.74, 6) is 0.328. The molecular weight excluding hydrogens is 332 g/mol. The lowest BCUT2D eigenvalue weighted by Gasteiger charge is -2.34. The molecule has 2 aliphatic heterocycles. The molecule has 2 amide bonds. The van der Waals surface area contributed by atoms with Crippen molar-refractivity contribution >= 4 is 29.2 Å². The smallest absolute Gasteiger partial charge is 0.253 e. The highest BCUT2D eigenvalue weighted by atomic mass is 35.5. The first kappa shape index (κ1) is 17.1. The van der Waals surface area contributed by atoms with Crippen LogP contribution in [-0.4, -0.2) is 60.6 Å². The molecule has 8 heteroatoms. The van der Waals surface area contributed by atoms with Crippen LogP contribution in [0.25, 0.3) is 0 Å². The molecule has 3 rings (SSSR count). The van der Waals surface area contributed by atoms with Gasteiger partial charge in [0.25, 0.3) is 5.91 Å². The summed E-state index contributed by atoms with van der Waals surface area (Å²) in [4.78, 5) is 30.6. The van der Waals surface area contributed by atoms with E-state index in [0.29, 0.717) is 49.9 Å². The van der Waals surface area contributed by atoms with Crippen molar-refractivity contribution in [1.29, 1.82) is 0 Å². The number of carbonyl (C=O) groups is 2. The summed E-state index contributed by atoms with van der Waals surface area (Å²) in [5, 5.41) is 6.49. The maximum Gasteiger partial charge on any atom is 0.253 e. The fraction of sp³-hybridized carbons (Fsp3) is 0.562. The van der Waals surface area contributed by atoms with Crippen molar-refractivity contribution in [2.45, 2.75) is 18.9 Å². The van der Waals surface area contributed by atoms with Gasteiger partial charge in [0.1, 0.15) is 11.9 Å². The zero-order valence-corrected chi connectivity index (χ0v) is 14.1. The van der Waals surface area contributed by atoms with E-state index in [2.05, 4.69) is 15.6 Å². The fourth-order valence-electron chi connectivity index (χ4n) is 2.97. The van der Waals surface area contributed by atoms with Gasteiger partial charge in [0.15, 0.2) is 0 Å². The molecule has 1 aromatic rings. The van der Waals surface area contributed by atoms with Gasteiger partial charge in [-0.1, -0.05) is 11.6 Å². The van der Waals surface area contributed by atoms with Crippen molar-refractivity contribution in [3.05, 3.63) is 23.4 Å². The first-order valence-electron chi connectivity index (χ1n) is 8.17. The van der Waals surface area contributed by atoms with E-state index in [9.17, 15) is 9.59 Å². The van der Waals surface area contributed by atoms with Crippen molar-refractivity contribution in [1.82, 2.24) is 15.2 Å². The van der Waals surface area contributed by atoms with Crippen molar-refractivity contribution in [2.24, 2.45) is 5.92 Å². The van der Waals surface area contributed by atoms with Gasteiger partial charge in [0, 0.05) is 38.3 Å². The molecule has 2 aliphatic rings. The van der Waals surface area contributed by atoms with Crippen LogP contribution in [0.4, 0.5) is 5.82 Å². The van der Waals surface area contributed by atoms with E-state index in [4.69, 9.17) is 16.3 Å². The number of likely N-dealkylation sites (tertiary alicyclic amines) is 1. The Bertz CT molecular complexity index is 581. The average molecular weight is 353 g/mol. The number of aromatic nitrogens is 1. The summed E-state index contributed by atoms with van der Waals surface area (Å²) in [6.07, 6.45) is 2.38. The summed E-state index contributed by atoms with van der Waals surface area (Å²) < 4.78 is 5.50. The fourth-order valence-corrected chi connectivity index (χ4v) is 3.08. The molecule has 0 radical (unpaired) electrons. The minimum Gasteiger partial charge on any atom is -0.366 e. The van der Waals surface area contributed by atoms with Gasteiger partial charge in [-0.25, -0.2) is 4.98 Å². The topological polar surface area (TPSA) is 83.6 Å². The number of hydrogen-bond donors (Lipinski definition) is 2. The van der Waals surface area contributed by atoms with Crippen molar-refractivity contribution < 1.29 is 14.3 Å². The third kappa shape index (κ3) is 4.23. The van der Waals surface area contributed by atoms with Gasteiger partial charge < -0.3 is 20.3 Å². The Morgan fingerprint density at radius 1 is 1.33 bits per heavy atom. The molecule has 1 aromatic heterocycles. The molecule has 0 bridgehead atoms. The summed E-state index contributed by atoms with van der Waals surface area (Å²) in [7, 11) is 0. The Morgan fingerprint density at radius 3 is 2.75 bits per heavy atom. The van der Waals surface area contributed by atoms with Crippen LogP contribution in [0.2, 0.25) is 5.02 Å². The second-order valence-corrected chi connectivity index (χ2v) is 6.45. The molecule has 0 spiro atoms. The highest BCUT2D eigenvalue weighted by Gasteiger charge is 2.32. The average Bonchev–Trinajstić information content (AvgIpc) is 2.64. The van der Waals surface area contributed by atoms with Crippen LogP contribution < -0.4 is 10.6 Å². The number of halogens is 1. The number of ether oxygens (including phenoxy) is 1. The molecule has 24 heavy (non-hydrogen) atoms. The summed E-state index contributed by atoms with van der Waals surface area (Å²) in [6.45, 7) is 3.05. The molecular formula is C16H21ClN4O3. The molecule has 3 heterocycles. The van der Waals surface area contributed by atoms with Gasteiger partial charge in [0.2, 0.25) is 5.91 Å². The van der Waals surface area contributed by atoms with Crippen LogP contribution in [0.5, 0.6) is 0 Å². The van der Waals surface area contributed by atoms with Crippen molar-refractivity contribution in [3.63, 3.8) is 0 Å². The van der Waals surface area contributed by atoms with E-state index >= 15 is 0 Å². The third-order valence-electron chi connectivity index (χ3n) is 4.36. The van der Waals surface area contributed by atoms with Gasteiger partial charge in [-0.15, -0.1) is 0 Å². The van der Waals surface area contributed by atoms with Gasteiger partial charge >= 0.3 is 0 Å². The number of nitrogens with zero attached hydrogens (tertiary/aromatic N) is 2. The molecule has 0 aliphatic carbocycles. The van der Waals surface area contributed by atoms with Crippen molar-refractivity contribution in [2.75, 3.05) is 38.1 Å². The standard InChI is InChI=1S/C16H21ClN4O3/c17-12-1-2-14(19-9-12)20-15(22)11-3-6-21(7-4-11)16(23)13-10-18-5-8-24-13/h1-2,9,11,13,18H,3-8,10H2,(H,19,20,22). The first-order valence-corrected chi connectivity index (χ1v) is 8.55. The largest absolute Gasteiger partial charge is 0.366 e. The Morgan fingerprint density at radius 2 is 2.12 bits per heavy atom. The predicted molar refractivity (Wildman–Crippen MR) is 89.8 cm³/mol.